The van der Waals surface area contributed by atoms with E-state index in [2.05, 4.69) is 5.32 Å². The van der Waals surface area contributed by atoms with Crippen molar-refractivity contribution in [2.24, 2.45) is 0 Å². The maximum atomic E-state index is 13.2. The zero-order valence-corrected chi connectivity index (χ0v) is 18.2. The summed E-state index contributed by atoms with van der Waals surface area (Å²) in [6.45, 7) is -0.582. The van der Waals surface area contributed by atoms with E-state index in [9.17, 15) is 13.2 Å². The number of hydrogen-bond acceptors (Lipinski definition) is 5. The van der Waals surface area contributed by atoms with Crippen LogP contribution in [0.1, 0.15) is 5.76 Å². The summed E-state index contributed by atoms with van der Waals surface area (Å²) in [5, 5.41) is 2.99. The number of benzene rings is 2. The molecule has 3 rings (SSSR count). The number of sulfonamides is 1. The fraction of sp³-hybridized carbons (Fsp3) is 0.150. The third-order valence-corrected chi connectivity index (χ3v) is 6.64. The molecule has 10 heteroatoms. The van der Waals surface area contributed by atoms with Crippen LogP contribution in [0.3, 0.4) is 0 Å². The third-order valence-electron chi connectivity index (χ3n) is 4.11. The molecule has 1 amide bonds. The maximum Gasteiger partial charge on any atom is 0.244 e. The van der Waals surface area contributed by atoms with Gasteiger partial charge in [0, 0.05) is 11.8 Å². The number of rotatable bonds is 8. The Hall–Kier alpha value is -2.52. The highest BCUT2D eigenvalue weighted by atomic mass is 35.5. The molecule has 0 bridgehead atoms. The van der Waals surface area contributed by atoms with E-state index in [1.54, 1.807) is 36.4 Å². The Bertz CT molecular complexity index is 1130. The minimum absolute atomic E-state index is 0.0855. The predicted octanol–water partition coefficient (Wildman–Crippen LogP) is 4.42. The van der Waals surface area contributed by atoms with Crippen LogP contribution in [0.15, 0.2) is 70.2 Å². The largest absolute Gasteiger partial charge is 0.497 e. The predicted molar refractivity (Wildman–Crippen MR) is 114 cm³/mol. The van der Waals surface area contributed by atoms with Crippen molar-refractivity contribution in [2.45, 2.75) is 11.4 Å². The number of nitrogens with one attached hydrogen (secondary N) is 1. The van der Waals surface area contributed by atoms with Gasteiger partial charge < -0.3 is 14.5 Å². The lowest BCUT2D eigenvalue weighted by Gasteiger charge is -2.21. The molecule has 0 fully saturated rings. The van der Waals surface area contributed by atoms with Gasteiger partial charge in [0.25, 0.3) is 0 Å². The molecule has 0 atom stereocenters. The number of ether oxygens (including phenoxy) is 1. The molecule has 30 heavy (non-hydrogen) atoms. The topological polar surface area (TPSA) is 88.8 Å². The van der Waals surface area contributed by atoms with Crippen LogP contribution in [0.2, 0.25) is 10.0 Å². The lowest BCUT2D eigenvalue weighted by Crippen LogP contribution is -2.37. The second kappa shape index (κ2) is 9.53. The molecular weight excluding hydrogens is 451 g/mol. The van der Waals surface area contributed by atoms with Gasteiger partial charge in [-0.3, -0.25) is 4.79 Å². The molecule has 7 nitrogen and oxygen atoms in total. The van der Waals surface area contributed by atoms with Gasteiger partial charge in [0.15, 0.2) is 0 Å². The number of anilines is 1. The number of carbonyl (C=O) groups excluding carboxylic acids is 1. The van der Waals surface area contributed by atoms with Gasteiger partial charge in [0.2, 0.25) is 15.9 Å². The summed E-state index contributed by atoms with van der Waals surface area (Å²) in [5.41, 5.74) is 0.476. The van der Waals surface area contributed by atoms with Crippen LogP contribution in [-0.2, 0) is 21.4 Å². The van der Waals surface area contributed by atoms with Crippen molar-refractivity contribution >= 4 is 44.8 Å². The lowest BCUT2D eigenvalue weighted by atomic mass is 10.3. The minimum Gasteiger partial charge on any atom is -0.497 e. The van der Waals surface area contributed by atoms with Gasteiger partial charge in [-0.15, -0.1) is 0 Å². The Morgan fingerprint density at radius 1 is 1.10 bits per heavy atom. The average Bonchev–Trinajstić information content (AvgIpc) is 3.22. The Morgan fingerprint density at radius 2 is 1.90 bits per heavy atom. The van der Waals surface area contributed by atoms with E-state index in [0.717, 1.165) is 4.31 Å². The van der Waals surface area contributed by atoms with Crippen LogP contribution in [-0.4, -0.2) is 32.3 Å². The molecule has 0 spiro atoms. The van der Waals surface area contributed by atoms with E-state index in [0.29, 0.717) is 17.2 Å². The van der Waals surface area contributed by atoms with Gasteiger partial charge in [-0.25, -0.2) is 8.42 Å². The Balaban J connectivity index is 1.86. The first-order chi connectivity index (χ1) is 14.3. The van der Waals surface area contributed by atoms with Gasteiger partial charge in [-0.05, 0) is 42.5 Å². The second-order valence-corrected chi connectivity index (χ2v) is 8.96. The lowest BCUT2D eigenvalue weighted by molar-refractivity contribution is -0.116. The van der Waals surface area contributed by atoms with Gasteiger partial charge in [-0.1, -0.05) is 29.3 Å². The van der Waals surface area contributed by atoms with Crippen molar-refractivity contribution in [1.82, 2.24) is 4.31 Å². The van der Waals surface area contributed by atoms with Crippen molar-refractivity contribution in [3.8, 4) is 5.75 Å². The third kappa shape index (κ3) is 5.34. The van der Waals surface area contributed by atoms with Gasteiger partial charge >= 0.3 is 0 Å². The smallest absolute Gasteiger partial charge is 0.244 e. The van der Waals surface area contributed by atoms with E-state index in [1.165, 1.54) is 31.6 Å². The number of carbonyl (C=O) groups is 1. The van der Waals surface area contributed by atoms with E-state index in [1.807, 2.05) is 0 Å². The fourth-order valence-electron chi connectivity index (χ4n) is 2.65. The molecule has 0 aliphatic carbocycles. The first-order valence-electron chi connectivity index (χ1n) is 8.71. The molecule has 0 saturated carbocycles. The molecule has 3 aromatic rings. The number of halogens is 2. The number of methoxy groups -OCH3 is 1. The Morgan fingerprint density at radius 3 is 2.57 bits per heavy atom. The normalized spacial score (nSPS) is 11.5. The molecule has 1 N–H and O–H groups in total. The second-order valence-electron chi connectivity index (χ2n) is 6.21. The van der Waals surface area contributed by atoms with Crippen molar-refractivity contribution in [1.29, 1.82) is 0 Å². The molecule has 0 unspecified atom stereocenters. The summed E-state index contributed by atoms with van der Waals surface area (Å²) in [5.74, 6) is 0.412. The van der Waals surface area contributed by atoms with E-state index in [4.69, 9.17) is 32.4 Å². The highest BCUT2D eigenvalue weighted by molar-refractivity contribution is 7.89. The molecule has 0 radical (unpaired) electrons. The molecule has 2 aromatic carbocycles. The highest BCUT2D eigenvalue weighted by Gasteiger charge is 2.28. The molecule has 1 aromatic heterocycles. The van der Waals surface area contributed by atoms with Crippen LogP contribution >= 0.6 is 23.2 Å². The van der Waals surface area contributed by atoms with Crippen molar-refractivity contribution in [3.05, 3.63) is 76.7 Å². The van der Waals surface area contributed by atoms with E-state index >= 15 is 0 Å². The number of hydrogen-bond donors (Lipinski definition) is 1. The molecule has 0 aliphatic rings. The first kappa shape index (κ1) is 22.2. The van der Waals surface area contributed by atoms with Crippen LogP contribution in [0.25, 0.3) is 0 Å². The molecule has 0 saturated heterocycles. The van der Waals surface area contributed by atoms with Crippen LogP contribution < -0.4 is 10.1 Å². The summed E-state index contributed by atoms with van der Waals surface area (Å²) in [7, 11) is -2.56. The van der Waals surface area contributed by atoms with Gasteiger partial charge in [-0.2, -0.15) is 4.31 Å². The average molecular weight is 469 g/mol. The summed E-state index contributed by atoms with van der Waals surface area (Å²) >= 11 is 11.9. The highest BCUT2D eigenvalue weighted by Crippen LogP contribution is 2.27. The first-order valence-corrected chi connectivity index (χ1v) is 10.9. The Kier molecular flexibility index (Phi) is 7.04. The number of furan rings is 1. The monoisotopic (exact) mass is 468 g/mol. The number of nitrogens with zero attached hydrogens (tertiary/aromatic N) is 1. The molecule has 1 heterocycles. The summed E-state index contributed by atoms with van der Waals surface area (Å²) in [6.07, 6.45) is 1.43. The minimum atomic E-state index is -4.07. The fourth-order valence-corrected chi connectivity index (χ4v) is 4.40. The Labute approximate surface area is 184 Å². The van der Waals surface area contributed by atoms with Crippen LogP contribution in [0.4, 0.5) is 5.69 Å². The van der Waals surface area contributed by atoms with Crippen molar-refractivity contribution in [2.75, 3.05) is 19.0 Å². The van der Waals surface area contributed by atoms with Crippen LogP contribution in [0.5, 0.6) is 5.75 Å². The van der Waals surface area contributed by atoms with Crippen LogP contribution in [0, 0.1) is 0 Å². The molecule has 0 aliphatic heterocycles. The van der Waals surface area contributed by atoms with Gasteiger partial charge in [0.1, 0.15) is 11.5 Å². The molecular formula is C20H18Cl2N2O5S. The maximum absolute atomic E-state index is 13.2. The zero-order valence-electron chi connectivity index (χ0n) is 15.8. The standard InChI is InChI=1S/C20H18Cl2N2O5S/c1-28-15-5-2-4-14(10-15)23-20(25)13-24(12-16-6-3-9-29-16)30(26,27)17-7-8-18(21)19(22)11-17/h2-11H,12-13H2,1H3,(H,23,25). The summed E-state index contributed by atoms with van der Waals surface area (Å²) in [4.78, 5) is 12.5. The summed E-state index contributed by atoms with van der Waals surface area (Å²) < 4.78 is 37.8. The van der Waals surface area contributed by atoms with E-state index in [-0.39, 0.29) is 21.5 Å². The van der Waals surface area contributed by atoms with Crippen molar-refractivity contribution in [3.63, 3.8) is 0 Å². The molecule has 158 valence electrons. The quantitative estimate of drug-likeness (QED) is 0.528. The van der Waals surface area contributed by atoms with Gasteiger partial charge in [0.05, 0.1) is 41.4 Å². The number of amides is 1. The SMILES string of the molecule is COc1cccc(NC(=O)CN(Cc2ccco2)S(=O)(=O)c2ccc(Cl)c(Cl)c2)c1. The van der Waals surface area contributed by atoms with E-state index < -0.39 is 22.5 Å². The van der Waals surface area contributed by atoms with Crippen molar-refractivity contribution < 1.29 is 22.4 Å². The summed E-state index contributed by atoms with van der Waals surface area (Å²) in [6, 6.07) is 14.0. The zero-order chi connectivity index (χ0) is 21.7.